The molecule has 0 saturated carbocycles. The highest BCUT2D eigenvalue weighted by Gasteiger charge is 2.15. The van der Waals surface area contributed by atoms with Gasteiger partial charge >= 0.3 is 0 Å². The number of aromatic nitrogens is 3. The number of fused-ring (bicyclic) bond motifs is 1. The van der Waals surface area contributed by atoms with Crippen LogP contribution >= 0.6 is 11.3 Å². The van der Waals surface area contributed by atoms with E-state index in [2.05, 4.69) is 25.6 Å². The molecule has 0 spiro atoms. The summed E-state index contributed by atoms with van der Waals surface area (Å²) in [5, 5.41) is 17.3. The number of carbonyl (C=O) groups excluding carboxylic acids is 1. The van der Waals surface area contributed by atoms with E-state index in [0.29, 0.717) is 16.4 Å². The number of ether oxygens (including phenoxy) is 1. The molecule has 2 aromatic heterocycles. The Balaban J connectivity index is 1.31. The maximum Gasteiger partial charge on any atom is 0.232 e. The first-order valence-corrected chi connectivity index (χ1v) is 9.35. The third kappa shape index (κ3) is 4.06. The molecule has 4 rings (SSSR count). The average Bonchev–Trinajstić information content (AvgIpc) is 3.28. The number of carbonyl (C=O) groups is 1. The number of hydrogen-bond donors (Lipinski definition) is 1. The van der Waals surface area contributed by atoms with Crippen molar-refractivity contribution in [2.75, 3.05) is 38.2 Å². The summed E-state index contributed by atoms with van der Waals surface area (Å²) in [7, 11) is 0. The Morgan fingerprint density at radius 1 is 1.23 bits per heavy atom. The van der Waals surface area contributed by atoms with Gasteiger partial charge in [-0.05, 0) is 12.1 Å². The van der Waals surface area contributed by atoms with Crippen molar-refractivity contribution in [2.24, 2.45) is 0 Å². The predicted molar refractivity (Wildman–Crippen MR) is 97.2 cm³/mol. The molecule has 1 fully saturated rings. The van der Waals surface area contributed by atoms with Gasteiger partial charge in [0.1, 0.15) is 10.7 Å². The van der Waals surface area contributed by atoms with Crippen LogP contribution in [-0.2, 0) is 22.4 Å². The molecule has 8 nitrogen and oxygen atoms in total. The molecule has 0 unspecified atom stereocenters. The monoisotopic (exact) mass is 373 g/mol. The first kappa shape index (κ1) is 17.1. The lowest BCUT2D eigenvalue weighted by atomic mass is 10.2. The summed E-state index contributed by atoms with van der Waals surface area (Å²) in [6.45, 7) is 4.40. The van der Waals surface area contributed by atoms with Gasteiger partial charge < -0.3 is 14.6 Å². The Morgan fingerprint density at radius 2 is 2.08 bits per heavy atom. The van der Waals surface area contributed by atoms with Crippen molar-refractivity contribution in [3.63, 3.8) is 0 Å². The van der Waals surface area contributed by atoms with Crippen LogP contribution in [-0.4, -0.2) is 59.0 Å². The van der Waals surface area contributed by atoms with E-state index < -0.39 is 0 Å². The molecule has 136 valence electrons. The molecule has 0 aliphatic carbocycles. The SMILES string of the molecule is O=C(Cc1noc2ccccc12)Nc1nnc(CCN2CCOCC2)s1. The summed E-state index contributed by atoms with van der Waals surface area (Å²) < 4.78 is 10.6. The summed E-state index contributed by atoms with van der Waals surface area (Å²) in [4.78, 5) is 14.6. The Hall–Kier alpha value is -2.36. The van der Waals surface area contributed by atoms with Crippen molar-refractivity contribution in [1.82, 2.24) is 20.3 Å². The van der Waals surface area contributed by atoms with Gasteiger partial charge in [-0.3, -0.25) is 9.69 Å². The standard InChI is InChI=1S/C17H19N5O3S/c23-15(11-13-12-3-1-2-4-14(12)25-21-13)18-17-20-19-16(26-17)5-6-22-7-9-24-10-8-22/h1-4H,5-11H2,(H,18,20,23). The Morgan fingerprint density at radius 3 is 2.96 bits per heavy atom. The lowest BCUT2D eigenvalue weighted by Crippen LogP contribution is -2.37. The zero-order valence-corrected chi connectivity index (χ0v) is 15.0. The minimum Gasteiger partial charge on any atom is -0.379 e. The van der Waals surface area contributed by atoms with Crippen LogP contribution in [0.5, 0.6) is 0 Å². The van der Waals surface area contributed by atoms with Crippen molar-refractivity contribution in [1.29, 1.82) is 0 Å². The third-order valence-corrected chi connectivity index (χ3v) is 5.14. The van der Waals surface area contributed by atoms with Crippen LogP contribution in [0.1, 0.15) is 10.7 Å². The van der Waals surface area contributed by atoms with E-state index in [4.69, 9.17) is 9.26 Å². The van der Waals surface area contributed by atoms with Gasteiger partial charge in [0.25, 0.3) is 0 Å². The van der Waals surface area contributed by atoms with Gasteiger partial charge in [-0.1, -0.05) is 28.6 Å². The maximum atomic E-state index is 12.3. The molecule has 0 atom stereocenters. The molecule has 0 bridgehead atoms. The van der Waals surface area contributed by atoms with E-state index in [0.717, 1.165) is 49.7 Å². The predicted octanol–water partition coefficient (Wildman–Crippen LogP) is 1.74. The van der Waals surface area contributed by atoms with Crippen LogP contribution in [0.2, 0.25) is 0 Å². The highest BCUT2D eigenvalue weighted by molar-refractivity contribution is 7.15. The molecule has 9 heteroatoms. The van der Waals surface area contributed by atoms with Crippen LogP contribution in [0.15, 0.2) is 28.8 Å². The summed E-state index contributed by atoms with van der Waals surface area (Å²) >= 11 is 1.41. The molecular weight excluding hydrogens is 354 g/mol. The molecule has 1 aromatic carbocycles. The van der Waals surface area contributed by atoms with Crippen LogP contribution in [0.4, 0.5) is 5.13 Å². The van der Waals surface area contributed by atoms with Crippen molar-refractivity contribution in [3.05, 3.63) is 35.0 Å². The van der Waals surface area contributed by atoms with Crippen molar-refractivity contribution in [2.45, 2.75) is 12.8 Å². The summed E-state index contributed by atoms with van der Waals surface area (Å²) in [6.07, 6.45) is 0.959. The van der Waals surface area contributed by atoms with E-state index >= 15 is 0 Å². The first-order chi connectivity index (χ1) is 12.8. The maximum absolute atomic E-state index is 12.3. The highest BCUT2D eigenvalue weighted by Crippen LogP contribution is 2.20. The van der Waals surface area contributed by atoms with Crippen molar-refractivity contribution in [3.8, 4) is 0 Å². The van der Waals surface area contributed by atoms with Gasteiger partial charge in [0.05, 0.1) is 19.6 Å². The largest absolute Gasteiger partial charge is 0.379 e. The fraction of sp³-hybridized carbons (Fsp3) is 0.412. The minimum atomic E-state index is -0.181. The lowest BCUT2D eigenvalue weighted by molar-refractivity contribution is -0.115. The zero-order valence-electron chi connectivity index (χ0n) is 14.2. The molecule has 0 radical (unpaired) electrons. The smallest absolute Gasteiger partial charge is 0.232 e. The molecule has 26 heavy (non-hydrogen) atoms. The van der Waals surface area contributed by atoms with E-state index in [9.17, 15) is 4.79 Å². The molecule has 3 heterocycles. The molecule has 1 aliphatic heterocycles. The van der Waals surface area contributed by atoms with Crippen LogP contribution < -0.4 is 5.32 Å². The van der Waals surface area contributed by atoms with E-state index in [-0.39, 0.29) is 12.3 Å². The molecule has 1 amide bonds. The number of morpholine rings is 1. The molecular formula is C17H19N5O3S. The summed E-state index contributed by atoms with van der Waals surface area (Å²) in [5.41, 5.74) is 1.30. The second-order valence-corrected chi connectivity index (χ2v) is 7.12. The third-order valence-electron chi connectivity index (χ3n) is 4.24. The van der Waals surface area contributed by atoms with Crippen molar-refractivity contribution >= 4 is 33.3 Å². The fourth-order valence-electron chi connectivity index (χ4n) is 2.86. The zero-order chi connectivity index (χ0) is 17.8. The summed E-state index contributed by atoms with van der Waals surface area (Å²) in [6, 6.07) is 7.49. The minimum absolute atomic E-state index is 0.139. The van der Waals surface area contributed by atoms with E-state index in [1.54, 1.807) is 0 Å². The van der Waals surface area contributed by atoms with Gasteiger partial charge in [-0.2, -0.15) is 0 Å². The van der Waals surface area contributed by atoms with E-state index in [1.165, 1.54) is 11.3 Å². The Kier molecular flexibility index (Phi) is 5.19. The molecule has 1 aliphatic rings. The van der Waals surface area contributed by atoms with Gasteiger partial charge in [-0.25, -0.2) is 0 Å². The number of nitrogens with one attached hydrogen (secondary N) is 1. The number of anilines is 1. The molecule has 3 aromatic rings. The normalized spacial score (nSPS) is 15.4. The highest BCUT2D eigenvalue weighted by atomic mass is 32.1. The van der Waals surface area contributed by atoms with Gasteiger partial charge in [0.2, 0.25) is 11.0 Å². The van der Waals surface area contributed by atoms with Crippen LogP contribution in [0.3, 0.4) is 0 Å². The van der Waals surface area contributed by atoms with Crippen LogP contribution in [0.25, 0.3) is 11.0 Å². The second-order valence-electron chi connectivity index (χ2n) is 6.06. The second kappa shape index (κ2) is 7.90. The van der Waals surface area contributed by atoms with Crippen LogP contribution in [0, 0.1) is 0 Å². The Labute approximate surface area is 154 Å². The number of hydrogen-bond acceptors (Lipinski definition) is 8. The number of nitrogens with zero attached hydrogens (tertiary/aromatic N) is 4. The van der Waals surface area contributed by atoms with Gasteiger partial charge in [0.15, 0.2) is 5.58 Å². The number of para-hydroxylation sites is 1. The quantitative estimate of drug-likeness (QED) is 0.703. The number of amides is 1. The topological polar surface area (TPSA) is 93.4 Å². The lowest BCUT2D eigenvalue weighted by Gasteiger charge is -2.25. The Bertz CT molecular complexity index is 887. The number of benzene rings is 1. The van der Waals surface area contributed by atoms with Crippen molar-refractivity contribution < 1.29 is 14.1 Å². The number of rotatable bonds is 6. The molecule has 1 N–H and O–H groups in total. The summed E-state index contributed by atoms with van der Waals surface area (Å²) in [5.74, 6) is -0.181. The first-order valence-electron chi connectivity index (χ1n) is 8.53. The average molecular weight is 373 g/mol. The molecule has 1 saturated heterocycles. The van der Waals surface area contributed by atoms with Gasteiger partial charge in [0, 0.05) is 31.4 Å². The van der Waals surface area contributed by atoms with Gasteiger partial charge in [-0.15, -0.1) is 10.2 Å². The van der Waals surface area contributed by atoms with E-state index in [1.807, 2.05) is 24.3 Å². The fourth-order valence-corrected chi connectivity index (χ4v) is 3.61.